The minimum Gasteiger partial charge on any atom is -0.463 e. The van der Waals surface area contributed by atoms with Gasteiger partial charge >= 0.3 is 17.6 Å². The zero-order chi connectivity index (χ0) is 22.0. The number of fused-ring (bicyclic) bond motifs is 1. The molecule has 8 nitrogen and oxygen atoms in total. The maximum Gasteiger partial charge on any atom is 0.336 e. The van der Waals surface area contributed by atoms with Crippen LogP contribution in [0.25, 0.3) is 11.0 Å². The Morgan fingerprint density at radius 2 is 1.90 bits per heavy atom. The second-order valence-electron chi connectivity index (χ2n) is 7.25. The number of carbonyl (C=O) groups is 2. The minimum absolute atomic E-state index is 0.146. The van der Waals surface area contributed by atoms with Crippen molar-refractivity contribution in [2.45, 2.75) is 52.4 Å². The molecule has 1 fully saturated rings. The lowest BCUT2D eigenvalue weighted by molar-refractivity contribution is -0.250. The number of carbonyl (C=O) groups excluding carboxylic acids is 2. The fourth-order valence-corrected chi connectivity index (χ4v) is 3.39. The summed E-state index contributed by atoms with van der Waals surface area (Å²) in [6.45, 7) is 5.68. The number of benzene rings is 1. The van der Waals surface area contributed by atoms with Crippen LogP contribution >= 0.6 is 0 Å². The average molecular weight is 422 g/mol. The number of esters is 2. The lowest BCUT2D eigenvalue weighted by atomic mass is 9.91. The van der Waals surface area contributed by atoms with Gasteiger partial charge in [0.1, 0.15) is 30.1 Å². The zero-order valence-corrected chi connectivity index (χ0v) is 17.0. The zero-order valence-electron chi connectivity index (χ0n) is 17.0. The summed E-state index contributed by atoms with van der Waals surface area (Å²) < 4.78 is 41.8. The van der Waals surface area contributed by atoms with E-state index in [1.807, 2.05) is 0 Å². The van der Waals surface area contributed by atoms with Gasteiger partial charge in [0.25, 0.3) is 0 Å². The molecule has 0 saturated carbocycles. The molecule has 1 aromatic carbocycles. The van der Waals surface area contributed by atoms with Gasteiger partial charge in [0.15, 0.2) is 6.17 Å². The van der Waals surface area contributed by atoms with Gasteiger partial charge in [-0.2, -0.15) is 0 Å². The van der Waals surface area contributed by atoms with E-state index in [0.29, 0.717) is 5.39 Å². The van der Waals surface area contributed by atoms with E-state index in [-0.39, 0.29) is 17.9 Å². The molecule has 5 atom stereocenters. The van der Waals surface area contributed by atoms with Crippen molar-refractivity contribution in [3.63, 3.8) is 0 Å². The van der Waals surface area contributed by atoms with E-state index in [9.17, 15) is 14.4 Å². The van der Waals surface area contributed by atoms with Crippen molar-refractivity contribution in [1.29, 1.82) is 0 Å². The number of ether oxygens (including phenoxy) is 4. The van der Waals surface area contributed by atoms with Crippen molar-refractivity contribution in [3.8, 4) is 5.75 Å². The Bertz CT molecular complexity index is 1000. The van der Waals surface area contributed by atoms with E-state index in [4.69, 9.17) is 23.4 Å². The maximum absolute atomic E-state index is 15.1. The Balaban J connectivity index is 1.86. The molecule has 30 heavy (non-hydrogen) atoms. The smallest absolute Gasteiger partial charge is 0.336 e. The molecule has 2 heterocycles. The van der Waals surface area contributed by atoms with Crippen molar-refractivity contribution in [3.05, 3.63) is 40.2 Å². The number of halogens is 1. The van der Waals surface area contributed by atoms with Gasteiger partial charge in [0, 0.05) is 37.3 Å². The van der Waals surface area contributed by atoms with Crippen LogP contribution in [-0.4, -0.2) is 43.2 Å². The van der Waals surface area contributed by atoms with Gasteiger partial charge in [-0.25, -0.2) is 9.18 Å². The second kappa shape index (κ2) is 8.83. The van der Waals surface area contributed by atoms with Crippen molar-refractivity contribution < 1.29 is 37.3 Å². The fraction of sp³-hybridized carbons (Fsp3) is 0.476. The predicted molar refractivity (Wildman–Crippen MR) is 103 cm³/mol. The average Bonchev–Trinajstić information content (AvgIpc) is 2.65. The van der Waals surface area contributed by atoms with E-state index in [2.05, 4.69) is 0 Å². The summed E-state index contributed by atoms with van der Waals surface area (Å²) >= 11 is 0. The van der Waals surface area contributed by atoms with Crippen molar-refractivity contribution in [2.75, 3.05) is 6.61 Å². The maximum atomic E-state index is 15.1. The van der Waals surface area contributed by atoms with Gasteiger partial charge in [0.2, 0.25) is 6.29 Å². The molecule has 0 aliphatic carbocycles. The molecular formula is C21H23FO8. The molecule has 1 aromatic heterocycles. The highest BCUT2D eigenvalue weighted by Gasteiger charge is 2.48. The number of rotatable bonds is 5. The molecule has 1 saturated heterocycles. The molecule has 3 rings (SSSR count). The molecule has 0 unspecified atom stereocenters. The molecule has 162 valence electrons. The normalized spacial score (nSPS) is 26.2. The molecule has 0 radical (unpaired) electrons. The summed E-state index contributed by atoms with van der Waals surface area (Å²) in [6.07, 6.45) is -5.13. The van der Waals surface area contributed by atoms with Crippen LogP contribution in [0.4, 0.5) is 4.39 Å². The predicted octanol–water partition coefficient (Wildman–Crippen LogP) is 2.67. The molecule has 9 heteroatoms. The van der Waals surface area contributed by atoms with Gasteiger partial charge in [-0.05, 0) is 24.6 Å². The number of hydrogen-bond donors (Lipinski definition) is 0. The summed E-state index contributed by atoms with van der Waals surface area (Å²) in [6, 6.07) is 6.10. The number of alkyl halides is 1. The second-order valence-corrected chi connectivity index (χ2v) is 7.25. The van der Waals surface area contributed by atoms with Gasteiger partial charge in [-0.15, -0.1) is 0 Å². The van der Waals surface area contributed by atoms with E-state index >= 15 is 4.39 Å². The SMILES string of the molecule is CC(=O)OC[C@H]1O[C@@H](Oc2ccc3c(C)cc(=O)oc3c2)[C@H](F)[C@@H](OC(C)=O)[C@H]1C. The lowest BCUT2D eigenvalue weighted by Gasteiger charge is -2.41. The fourth-order valence-electron chi connectivity index (χ4n) is 3.39. The highest BCUT2D eigenvalue weighted by molar-refractivity contribution is 5.81. The third-order valence-corrected chi connectivity index (χ3v) is 4.92. The first-order valence-electron chi connectivity index (χ1n) is 9.47. The van der Waals surface area contributed by atoms with Crippen molar-refractivity contribution in [2.24, 2.45) is 5.92 Å². The van der Waals surface area contributed by atoms with Crippen LogP contribution in [0.15, 0.2) is 33.5 Å². The van der Waals surface area contributed by atoms with Crippen LogP contribution in [0.1, 0.15) is 26.3 Å². The Morgan fingerprint density at radius 3 is 2.57 bits per heavy atom. The van der Waals surface area contributed by atoms with E-state index in [1.54, 1.807) is 26.0 Å². The molecule has 0 spiro atoms. The monoisotopic (exact) mass is 422 g/mol. The summed E-state index contributed by atoms with van der Waals surface area (Å²) in [5.74, 6) is -1.55. The van der Waals surface area contributed by atoms with E-state index in [1.165, 1.54) is 26.0 Å². The highest BCUT2D eigenvalue weighted by atomic mass is 19.1. The minimum atomic E-state index is -1.79. The first kappa shape index (κ1) is 21.8. The van der Waals surface area contributed by atoms with E-state index in [0.717, 1.165) is 5.56 Å². The Labute approximate surface area is 171 Å². The standard InChI is InChI=1S/C21H23FO8/c1-10-7-18(25)29-16-8-14(5-6-15(10)16)28-21-19(22)20(27-13(4)24)11(2)17(30-21)9-26-12(3)23/h5-8,11,17,19-21H,9H2,1-4H3/t11-,17+,19+,20-,21+/m0/s1. The molecule has 0 amide bonds. The molecule has 1 aliphatic heterocycles. The summed E-state index contributed by atoms with van der Waals surface area (Å²) in [5.41, 5.74) is 0.500. The van der Waals surface area contributed by atoms with Crippen LogP contribution < -0.4 is 10.4 Å². The topological polar surface area (TPSA) is 101 Å². The molecule has 2 aromatic rings. The van der Waals surface area contributed by atoms with Crippen LogP contribution in [0, 0.1) is 12.8 Å². The Morgan fingerprint density at radius 1 is 1.17 bits per heavy atom. The first-order chi connectivity index (χ1) is 14.2. The van der Waals surface area contributed by atoms with Gasteiger partial charge in [0.05, 0.1) is 0 Å². The van der Waals surface area contributed by atoms with Gasteiger partial charge < -0.3 is 23.4 Å². The summed E-state index contributed by atoms with van der Waals surface area (Å²) in [4.78, 5) is 34.2. The van der Waals surface area contributed by atoms with Crippen molar-refractivity contribution in [1.82, 2.24) is 0 Å². The quantitative estimate of drug-likeness (QED) is 0.535. The molecule has 0 bridgehead atoms. The number of hydrogen-bond acceptors (Lipinski definition) is 8. The Kier molecular flexibility index (Phi) is 6.40. The van der Waals surface area contributed by atoms with Gasteiger partial charge in [-0.1, -0.05) is 6.92 Å². The highest BCUT2D eigenvalue weighted by Crippen LogP contribution is 2.33. The van der Waals surface area contributed by atoms with E-state index < -0.39 is 48.2 Å². The van der Waals surface area contributed by atoms with Crippen molar-refractivity contribution >= 4 is 22.9 Å². The Hall–Kier alpha value is -2.94. The summed E-state index contributed by atoms with van der Waals surface area (Å²) in [7, 11) is 0. The first-order valence-corrected chi connectivity index (χ1v) is 9.47. The third-order valence-electron chi connectivity index (χ3n) is 4.92. The summed E-state index contributed by atoms with van der Waals surface area (Å²) in [5, 5.41) is 0.711. The number of aryl methyl sites for hydroxylation is 1. The lowest BCUT2D eigenvalue weighted by Crippen LogP contribution is -2.56. The van der Waals surface area contributed by atoms with Crippen LogP contribution in [0.3, 0.4) is 0 Å². The molecule has 1 aliphatic rings. The van der Waals surface area contributed by atoms with Crippen LogP contribution in [-0.2, 0) is 23.8 Å². The van der Waals surface area contributed by atoms with Gasteiger partial charge in [-0.3, -0.25) is 9.59 Å². The molecular weight excluding hydrogens is 399 g/mol. The van der Waals surface area contributed by atoms with Crippen LogP contribution in [0.5, 0.6) is 5.75 Å². The largest absolute Gasteiger partial charge is 0.463 e. The third kappa shape index (κ3) is 4.79. The van der Waals surface area contributed by atoms with Crippen LogP contribution in [0.2, 0.25) is 0 Å². The molecule has 0 N–H and O–H groups in total.